The largest absolute Gasteiger partial charge is 0.464 e. The van der Waals surface area contributed by atoms with Crippen LogP contribution in [0.4, 0.5) is 4.39 Å². The number of rotatable bonds is 4. The van der Waals surface area contributed by atoms with E-state index in [0.717, 1.165) is 0 Å². The van der Waals surface area contributed by atoms with Gasteiger partial charge in [0.1, 0.15) is 4.60 Å². The van der Waals surface area contributed by atoms with E-state index in [-0.39, 0.29) is 6.61 Å². The lowest BCUT2D eigenvalue weighted by Crippen LogP contribution is -2.31. The van der Waals surface area contributed by atoms with E-state index in [1.54, 1.807) is 19.1 Å². The van der Waals surface area contributed by atoms with Crippen LogP contribution in [0.3, 0.4) is 0 Å². The van der Waals surface area contributed by atoms with Crippen LogP contribution in [0, 0.1) is 0 Å². The predicted octanol–water partition coefficient (Wildman–Crippen LogP) is 1.75. The van der Waals surface area contributed by atoms with E-state index in [1.807, 2.05) is 0 Å². The molecule has 0 saturated carbocycles. The first-order valence-electron chi connectivity index (χ1n) is 4.74. The molecule has 1 unspecified atom stereocenters. The third-order valence-corrected chi connectivity index (χ3v) is 2.43. The summed E-state index contributed by atoms with van der Waals surface area (Å²) in [4.78, 5) is 15.0. The number of aromatic nitrogens is 1. The number of ether oxygens (including phenoxy) is 1. The minimum absolute atomic E-state index is 0.130. The Labute approximate surface area is 101 Å². The third kappa shape index (κ3) is 3.24. The molecule has 1 rings (SSSR count). The maximum atomic E-state index is 13.5. The molecule has 16 heavy (non-hydrogen) atoms. The molecule has 4 nitrogen and oxygen atoms in total. The van der Waals surface area contributed by atoms with Gasteiger partial charge in [0.25, 0.3) is 0 Å². The Morgan fingerprint density at radius 2 is 2.38 bits per heavy atom. The van der Waals surface area contributed by atoms with Crippen LogP contribution < -0.4 is 5.73 Å². The first kappa shape index (κ1) is 13.1. The van der Waals surface area contributed by atoms with Crippen molar-refractivity contribution in [1.82, 2.24) is 4.98 Å². The van der Waals surface area contributed by atoms with Crippen molar-refractivity contribution in [2.75, 3.05) is 6.61 Å². The van der Waals surface area contributed by atoms with E-state index < -0.39 is 18.2 Å². The van der Waals surface area contributed by atoms with Crippen molar-refractivity contribution in [3.8, 4) is 0 Å². The standard InChI is InChI=1S/C10H12BrFN2O2/c1-2-16-10(15)8(12)9(13)6-3-4-7(11)14-5-6/h3-5,8-9H,2,13H2,1H3/t8?,9-/m0/s1. The smallest absolute Gasteiger partial charge is 0.342 e. The molecule has 0 saturated heterocycles. The highest BCUT2D eigenvalue weighted by Gasteiger charge is 2.27. The van der Waals surface area contributed by atoms with Crippen LogP contribution in [0.2, 0.25) is 0 Å². The summed E-state index contributed by atoms with van der Waals surface area (Å²) in [7, 11) is 0. The Balaban J connectivity index is 2.73. The Hall–Kier alpha value is -1.01. The number of carbonyl (C=O) groups is 1. The number of nitrogens with zero attached hydrogens (tertiary/aromatic N) is 1. The topological polar surface area (TPSA) is 65.2 Å². The molecule has 2 atom stereocenters. The van der Waals surface area contributed by atoms with Gasteiger partial charge in [0.15, 0.2) is 0 Å². The van der Waals surface area contributed by atoms with Gasteiger partial charge in [-0.3, -0.25) is 0 Å². The molecule has 0 aliphatic rings. The molecular weight excluding hydrogens is 279 g/mol. The summed E-state index contributed by atoms with van der Waals surface area (Å²) >= 11 is 3.15. The van der Waals surface area contributed by atoms with Gasteiger partial charge in [0, 0.05) is 6.20 Å². The summed E-state index contributed by atoms with van der Waals surface area (Å²) in [5.41, 5.74) is 6.04. The van der Waals surface area contributed by atoms with Crippen LogP contribution in [0.15, 0.2) is 22.9 Å². The van der Waals surface area contributed by atoms with Crippen molar-refractivity contribution in [2.24, 2.45) is 5.73 Å². The highest BCUT2D eigenvalue weighted by molar-refractivity contribution is 9.10. The average Bonchev–Trinajstić information content (AvgIpc) is 2.28. The second kappa shape index (κ2) is 5.91. The highest BCUT2D eigenvalue weighted by atomic mass is 79.9. The second-order valence-electron chi connectivity index (χ2n) is 3.09. The number of pyridine rings is 1. The Morgan fingerprint density at radius 3 is 2.88 bits per heavy atom. The van der Waals surface area contributed by atoms with E-state index in [2.05, 4.69) is 25.7 Å². The zero-order valence-corrected chi connectivity index (χ0v) is 10.3. The summed E-state index contributed by atoms with van der Waals surface area (Å²) in [5, 5.41) is 0. The molecule has 0 bridgehead atoms. The molecule has 1 heterocycles. The Bertz CT molecular complexity index is 358. The highest BCUT2D eigenvalue weighted by Crippen LogP contribution is 2.18. The molecule has 0 radical (unpaired) electrons. The van der Waals surface area contributed by atoms with Gasteiger partial charge in [0.2, 0.25) is 6.17 Å². The molecule has 88 valence electrons. The number of esters is 1. The molecule has 0 aromatic carbocycles. The lowest BCUT2D eigenvalue weighted by atomic mass is 10.1. The normalized spacial score (nSPS) is 14.2. The maximum absolute atomic E-state index is 13.5. The molecule has 0 fully saturated rings. The van der Waals surface area contributed by atoms with Crippen LogP contribution in [0.1, 0.15) is 18.5 Å². The number of halogens is 2. The molecule has 0 aliphatic heterocycles. The Kier molecular flexibility index (Phi) is 4.82. The molecule has 0 aliphatic carbocycles. The summed E-state index contributed by atoms with van der Waals surface area (Å²) in [6, 6.07) is 2.18. The number of nitrogens with two attached hydrogens (primary N) is 1. The van der Waals surface area contributed by atoms with E-state index >= 15 is 0 Å². The van der Waals surface area contributed by atoms with Crippen molar-refractivity contribution in [1.29, 1.82) is 0 Å². The van der Waals surface area contributed by atoms with Gasteiger partial charge in [0.05, 0.1) is 12.6 Å². The molecule has 0 spiro atoms. The van der Waals surface area contributed by atoms with E-state index in [4.69, 9.17) is 5.73 Å². The summed E-state index contributed by atoms with van der Waals surface area (Å²) in [5.74, 6) is -0.946. The lowest BCUT2D eigenvalue weighted by Gasteiger charge is -2.15. The number of hydrogen-bond donors (Lipinski definition) is 1. The fourth-order valence-electron chi connectivity index (χ4n) is 1.12. The van der Waals surface area contributed by atoms with Gasteiger partial charge in [-0.2, -0.15) is 0 Å². The predicted molar refractivity (Wildman–Crippen MR) is 60.4 cm³/mol. The van der Waals surface area contributed by atoms with Gasteiger partial charge >= 0.3 is 5.97 Å². The van der Waals surface area contributed by atoms with E-state index in [1.165, 1.54) is 6.20 Å². The van der Waals surface area contributed by atoms with Crippen LogP contribution in [0.25, 0.3) is 0 Å². The van der Waals surface area contributed by atoms with Gasteiger partial charge < -0.3 is 10.5 Å². The lowest BCUT2D eigenvalue weighted by molar-refractivity contribution is -0.149. The van der Waals surface area contributed by atoms with Crippen LogP contribution in [-0.2, 0) is 9.53 Å². The van der Waals surface area contributed by atoms with Crippen molar-refractivity contribution < 1.29 is 13.9 Å². The van der Waals surface area contributed by atoms with Gasteiger partial charge in [-0.1, -0.05) is 6.07 Å². The minimum atomic E-state index is -1.87. The molecule has 6 heteroatoms. The fraction of sp³-hybridized carbons (Fsp3) is 0.400. The number of hydrogen-bond acceptors (Lipinski definition) is 4. The molecule has 0 amide bonds. The van der Waals surface area contributed by atoms with Crippen LogP contribution >= 0.6 is 15.9 Å². The molecule has 1 aromatic heterocycles. The van der Waals surface area contributed by atoms with Crippen molar-refractivity contribution in [3.63, 3.8) is 0 Å². The van der Waals surface area contributed by atoms with Crippen LogP contribution in [-0.4, -0.2) is 23.7 Å². The van der Waals surface area contributed by atoms with E-state index in [0.29, 0.717) is 10.2 Å². The quantitative estimate of drug-likeness (QED) is 0.678. The first-order valence-corrected chi connectivity index (χ1v) is 5.53. The SMILES string of the molecule is CCOC(=O)C(F)[C@@H](N)c1ccc(Br)nc1. The van der Waals surface area contributed by atoms with Gasteiger partial charge in [-0.15, -0.1) is 0 Å². The van der Waals surface area contributed by atoms with Crippen molar-refractivity contribution in [3.05, 3.63) is 28.5 Å². The summed E-state index contributed by atoms with van der Waals surface area (Å²) in [6.07, 6.45) is -0.455. The van der Waals surface area contributed by atoms with Crippen LogP contribution in [0.5, 0.6) is 0 Å². The number of alkyl halides is 1. The molecule has 1 aromatic rings. The first-order chi connectivity index (χ1) is 7.56. The average molecular weight is 291 g/mol. The monoisotopic (exact) mass is 290 g/mol. The zero-order chi connectivity index (χ0) is 12.1. The summed E-state index contributed by atoms with van der Waals surface area (Å²) < 4.78 is 18.7. The number of carbonyl (C=O) groups excluding carboxylic acids is 1. The maximum Gasteiger partial charge on any atom is 0.342 e. The summed E-state index contributed by atoms with van der Waals surface area (Å²) in [6.45, 7) is 1.74. The second-order valence-corrected chi connectivity index (χ2v) is 3.91. The fourth-order valence-corrected chi connectivity index (χ4v) is 1.36. The molecule has 2 N–H and O–H groups in total. The zero-order valence-electron chi connectivity index (χ0n) is 8.69. The third-order valence-electron chi connectivity index (χ3n) is 1.96. The van der Waals surface area contributed by atoms with Crippen molar-refractivity contribution >= 4 is 21.9 Å². The van der Waals surface area contributed by atoms with Gasteiger partial charge in [-0.25, -0.2) is 14.2 Å². The van der Waals surface area contributed by atoms with E-state index in [9.17, 15) is 9.18 Å². The molecular formula is C10H12BrFN2O2. The van der Waals surface area contributed by atoms with Crippen molar-refractivity contribution in [2.45, 2.75) is 19.1 Å². The Morgan fingerprint density at radius 1 is 1.69 bits per heavy atom. The van der Waals surface area contributed by atoms with Gasteiger partial charge in [-0.05, 0) is 34.5 Å². The minimum Gasteiger partial charge on any atom is -0.464 e.